The summed E-state index contributed by atoms with van der Waals surface area (Å²) in [6.07, 6.45) is 2.61. The number of ether oxygens (including phenoxy) is 1. The summed E-state index contributed by atoms with van der Waals surface area (Å²) in [7, 11) is 2.89. The molecular weight excluding hydrogens is 446 g/mol. The van der Waals surface area contributed by atoms with Crippen LogP contribution in [0.4, 0.5) is 5.13 Å². The van der Waals surface area contributed by atoms with Crippen LogP contribution in [-0.2, 0) is 18.8 Å². The Bertz CT molecular complexity index is 1320. The van der Waals surface area contributed by atoms with Crippen LogP contribution >= 0.6 is 11.3 Å². The number of carbonyl (C=O) groups is 2. The molecule has 0 aliphatic heterocycles. The van der Waals surface area contributed by atoms with E-state index in [-0.39, 0.29) is 23.3 Å². The van der Waals surface area contributed by atoms with Crippen LogP contribution in [0.2, 0.25) is 0 Å². The van der Waals surface area contributed by atoms with E-state index < -0.39 is 23.1 Å². The lowest BCUT2D eigenvalue weighted by Crippen LogP contribution is -2.38. The number of anilines is 1. The van der Waals surface area contributed by atoms with E-state index in [1.165, 1.54) is 35.7 Å². The van der Waals surface area contributed by atoms with Crippen molar-refractivity contribution in [2.75, 3.05) is 18.1 Å². The van der Waals surface area contributed by atoms with Crippen molar-refractivity contribution in [3.05, 3.63) is 49.2 Å². The van der Waals surface area contributed by atoms with E-state index in [4.69, 9.17) is 4.74 Å². The molecule has 3 heterocycles. The smallest absolute Gasteiger partial charge is 0.350 e. The zero-order chi connectivity index (χ0) is 24.3. The van der Waals surface area contributed by atoms with Crippen LogP contribution in [0.5, 0.6) is 0 Å². The highest BCUT2D eigenvalue weighted by Crippen LogP contribution is 2.28. The number of amides is 1. The van der Waals surface area contributed by atoms with E-state index in [1.54, 1.807) is 13.8 Å². The monoisotopic (exact) mass is 473 g/mol. The number of unbranched alkanes of at least 4 members (excludes halogenated alkanes) is 2. The maximum Gasteiger partial charge on any atom is 0.350 e. The number of pyridine rings is 1. The summed E-state index contributed by atoms with van der Waals surface area (Å²) in [6.45, 7) is 6.11. The molecule has 0 saturated carbocycles. The molecule has 0 unspecified atom stereocenters. The molecule has 0 spiro atoms. The second kappa shape index (κ2) is 10.1. The van der Waals surface area contributed by atoms with E-state index in [1.807, 2.05) is 0 Å². The molecule has 3 aromatic rings. The molecule has 33 heavy (non-hydrogen) atoms. The largest absolute Gasteiger partial charge is 0.462 e. The van der Waals surface area contributed by atoms with Crippen molar-refractivity contribution >= 4 is 39.4 Å². The predicted molar refractivity (Wildman–Crippen MR) is 126 cm³/mol. The summed E-state index contributed by atoms with van der Waals surface area (Å²) < 4.78 is 7.33. The number of carbonyl (C=O) groups excluding carboxylic acids is 2. The van der Waals surface area contributed by atoms with Gasteiger partial charge in [0, 0.05) is 20.6 Å². The molecule has 3 aromatic heterocycles. The van der Waals surface area contributed by atoms with Crippen LogP contribution in [-0.4, -0.2) is 44.1 Å². The van der Waals surface area contributed by atoms with Gasteiger partial charge in [0.2, 0.25) is 0 Å². The summed E-state index contributed by atoms with van der Waals surface area (Å²) in [5.74, 6) is -0.903. The number of aromatic nitrogens is 4. The quantitative estimate of drug-likeness (QED) is 0.364. The maximum absolute atomic E-state index is 13.5. The van der Waals surface area contributed by atoms with E-state index in [0.717, 1.165) is 35.2 Å². The van der Waals surface area contributed by atoms with Crippen LogP contribution in [0.15, 0.2) is 21.7 Å². The first kappa shape index (κ1) is 24.3. The van der Waals surface area contributed by atoms with Gasteiger partial charge < -0.3 is 4.74 Å². The molecule has 1 amide bonds. The third-order valence-corrected chi connectivity index (χ3v) is 6.39. The molecule has 3 rings (SSSR count). The normalized spacial score (nSPS) is 11.1. The molecule has 176 valence electrons. The molecule has 0 saturated heterocycles. The molecule has 0 aliphatic rings. The zero-order valence-corrected chi connectivity index (χ0v) is 20.2. The number of rotatable bonds is 8. The van der Waals surface area contributed by atoms with Gasteiger partial charge >= 0.3 is 11.7 Å². The highest BCUT2D eigenvalue weighted by Gasteiger charge is 2.26. The van der Waals surface area contributed by atoms with E-state index in [9.17, 15) is 19.2 Å². The van der Waals surface area contributed by atoms with E-state index in [2.05, 4.69) is 16.9 Å². The minimum absolute atomic E-state index is 0.0767. The highest BCUT2D eigenvalue weighted by molar-refractivity contribution is 7.17. The van der Waals surface area contributed by atoms with Crippen molar-refractivity contribution in [2.45, 2.75) is 40.0 Å². The first-order chi connectivity index (χ1) is 15.7. The zero-order valence-electron chi connectivity index (χ0n) is 19.4. The Balaban J connectivity index is 2.07. The Kier molecular flexibility index (Phi) is 7.42. The van der Waals surface area contributed by atoms with Gasteiger partial charge in [0.05, 0.1) is 17.7 Å². The van der Waals surface area contributed by atoms with Crippen LogP contribution in [0.25, 0.3) is 11.0 Å². The van der Waals surface area contributed by atoms with E-state index >= 15 is 0 Å². The first-order valence-corrected chi connectivity index (χ1v) is 11.6. The first-order valence-electron chi connectivity index (χ1n) is 10.7. The van der Waals surface area contributed by atoms with Gasteiger partial charge in [-0.05, 0) is 32.4 Å². The molecule has 0 aromatic carbocycles. The average molecular weight is 474 g/mol. The topological polar surface area (TPSA) is 116 Å². The molecular formula is C22H27N5O5S. The predicted octanol–water partition coefficient (Wildman–Crippen LogP) is 2.41. The van der Waals surface area contributed by atoms with Crippen molar-refractivity contribution in [2.24, 2.45) is 14.1 Å². The number of nitrogens with zero attached hydrogens (tertiary/aromatic N) is 5. The fraction of sp³-hybridized carbons (Fsp3) is 0.455. The Morgan fingerprint density at radius 3 is 2.48 bits per heavy atom. The molecule has 11 heteroatoms. The maximum atomic E-state index is 13.5. The average Bonchev–Trinajstić information content (AvgIpc) is 3.19. The molecule has 0 bridgehead atoms. The van der Waals surface area contributed by atoms with E-state index in [0.29, 0.717) is 22.2 Å². The van der Waals surface area contributed by atoms with Crippen molar-refractivity contribution in [1.82, 2.24) is 19.1 Å². The number of aryl methyl sites for hydroxylation is 2. The lowest BCUT2D eigenvalue weighted by molar-refractivity contribution is 0.0531. The standard InChI is InChI=1S/C22H27N5O5S/c1-6-8-9-12-27(21-23-13(3)16(33-21)20(30)32-7-2)19(29)15-11-10-14-17(24-15)25(4)22(31)26(5)18(14)28/h10-11H,6-9,12H2,1-5H3. The fourth-order valence-electron chi connectivity index (χ4n) is 3.40. The molecule has 10 nitrogen and oxygen atoms in total. The molecule has 0 fully saturated rings. The van der Waals surface area contributed by atoms with Gasteiger partial charge in [-0.25, -0.2) is 19.6 Å². The SMILES string of the molecule is CCCCCN(C(=O)c1ccc2c(=O)n(C)c(=O)n(C)c2n1)c1nc(C)c(C(=O)OCC)s1. The van der Waals surface area contributed by atoms with Crippen molar-refractivity contribution in [3.8, 4) is 0 Å². The Labute approximate surface area is 194 Å². The van der Waals surface area contributed by atoms with Gasteiger partial charge in [0.15, 0.2) is 5.13 Å². The second-order valence-corrected chi connectivity index (χ2v) is 8.55. The van der Waals surface area contributed by atoms with Gasteiger partial charge in [-0.15, -0.1) is 0 Å². The third-order valence-electron chi connectivity index (χ3n) is 5.23. The minimum Gasteiger partial charge on any atom is -0.462 e. The van der Waals surface area contributed by atoms with Crippen molar-refractivity contribution in [3.63, 3.8) is 0 Å². The summed E-state index contributed by atoms with van der Waals surface area (Å²) in [5, 5.41) is 0.611. The van der Waals surface area contributed by atoms with Crippen LogP contribution in [0.1, 0.15) is 59.0 Å². The highest BCUT2D eigenvalue weighted by atomic mass is 32.1. The lowest BCUT2D eigenvalue weighted by atomic mass is 10.2. The van der Waals surface area contributed by atoms with Crippen molar-refractivity contribution in [1.29, 1.82) is 0 Å². The van der Waals surface area contributed by atoms with Crippen molar-refractivity contribution < 1.29 is 14.3 Å². The lowest BCUT2D eigenvalue weighted by Gasteiger charge is -2.19. The number of fused-ring (bicyclic) bond motifs is 1. The van der Waals surface area contributed by atoms with Crippen LogP contribution < -0.4 is 16.1 Å². The Morgan fingerprint density at radius 1 is 1.09 bits per heavy atom. The Hall–Kier alpha value is -3.34. The minimum atomic E-state index is -0.529. The number of thiazole rings is 1. The van der Waals surface area contributed by atoms with Gasteiger partial charge in [-0.1, -0.05) is 31.1 Å². The summed E-state index contributed by atoms with van der Waals surface area (Å²) >= 11 is 1.09. The number of esters is 1. The summed E-state index contributed by atoms with van der Waals surface area (Å²) in [4.78, 5) is 61.1. The summed E-state index contributed by atoms with van der Waals surface area (Å²) in [5.41, 5.74) is -0.315. The Morgan fingerprint density at radius 2 is 1.82 bits per heavy atom. The molecule has 0 radical (unpaired) electrons. The fourth-order valence-corrected chi connectivity index (χ4v) is 4.38. The van der Waals surface area contributed by atoms with Crippen LogP contribution in [0, 0.1) is 6.92 Å². The van der Waals surface area contributed by atoms with Crippen LogP contribution in [0.3, 0.4) is 0 Å². The molecule has 0 aliphatic carbocycles. The van der Waals surface area contributed by atoms with Gasteiger partial charge in [0.1, 0.15) is 16.2 Å². The second-order valence-electron chi connectivity index (χ2n) is 7.57. The summed E-state index contributed by atoms with van der Waals surface area (Å²) in [6, 6.07) is 2.97. The molecule has 0 atom stereocenters. The molecule has 0 N–H and O–H groups in total. The third kappa shape index (κ3) is 4.72. The van der Waals surface area contributed by atoms with Gasteiger partial charge in [0.25, 0.3) is 11.5 Å². The number of hydrogen-bond acceptors (Lipinski definition) is 8. The van der Waals surface area contributed by atoms with Gasteiger partial charge in [-0.2, -0.15) is 0 Å². The van der Waals surface area contributed by atoms with Gasteiger partial charge in [-0.3, -0.25) is 23.6 Å². The number of hydrogen-bond donors (Lipinski definition) is 0.